The number of imidazole rings is 1. The smallest absolute Gasteiger partial charge is 0.386 e. The zero-order chi connectivity index (χ0) is 53.0. The van der Waals surface area contributed by atoms with Gasteiger partial charge in [-0.1, -0.05) is 38.6 Å². The largest absolute Gasteiger partial charge is 0.481 e. The van der Waals surface area contributed by atoms with Crippen LogP contribution in [0.2, 0.25) is 0 Å². The second kappa shape index (κ2) is 21.0. The Bertz CT molecular complexity index is 2640. The second-order valence-electron chi connectivity index (χ2n) is 20.0. The normalized spacial score (nSPS) is 32.3. The van der Waals surface area contributed by atoms with Crippen LogP contribution in [0.4, 0.5) is 5.82 Å². The van der Waals surface area contributed by atoms with Gasteiger partial charge in [0.1, 0.15) is 42.0 Å². The van der Waals surface area contributed by atoms with Crippen molar-refractivity contribution in [2.75, 3.05) is 37.8 Å². The molecule has 5 heterocycles. The topological polar surface area (TPSA) is 407 Å². The van der Waals surface area contributed by atoms with Gasteiger partial charge in [0, 0.05) is 48.4 Å². The highest BCUT2D eigenvalue weighted by atomic mass is 32.2. The molecule has 72 heavy (non-hydrogen) atoms. The number of rotatable bonds is 24. The lowest BCUT2D eigenvalue weighted by molar-refractivity contribution is -0.169. The minimum Gasteiger partial charge on any atom is -0.386 e. The van der Waals surface area contributed by atoms with Crippen molar-refractivity contribution in [2.45, 2.75) is 115 Å². The Balaban J connectivity index is 0.791. The number of hydrogen-bond acceptors (Lipinski definition) is 21. The molecule has 2 saturated carbocycles. The zero-order valence-electron chi connectivity index (χ0n) is 39.8. The third-order valence-corrected chi connectivity index (χ3v) is 18.5. The number of fused-ring (bicyclic) bond motifs is 1. The summed E-state index contributed by atoms with van der Waals surface area (Å²) in [6.07, 6.45) is -0.320. The number of aliphatic hydroxyl groups is 2. The van der Waals surface area contributed by atoms with Crippen molar-refractivity contribution in [2.24, 2.45) is 34.0 Å². The van der Waals surface area contributed by atoms with Crippen LogP contribution in [0.25, 0.3) is 11.2 Å². The van der Waals surface area contributed by atoms with Crippen LogP contribution in [0.15, 0.2) is 24.8 Å². The molecule has 0 aromatic carbocycles. The fourth-order valence-electron chi connectivity index (χ4n) is 10.8. The molecule has 0 radical (unpaired) electrons. The van der Waals surface area contributed by atoms with E-state index >= 15 is 0 Å². The molecule has 4 bridgehead atoms. The molecule has 2 aromatic rings. The first-order valence-corrected chi connectivity index (χ1v) is 28.4. The molecule has 2 amide bonds. The molecule has 6 aliphatic rings. The molecule has 14 atom stereocenters. The van der Waals surface area contributed by atoms with Gasteiger partial charge in [-0.2, -0.15) is 4.31 Å². The minimum absolute atomic E-state index is 0.0188. The number of amides is 2. The number of nitrogens with two attached hydrogens (primary N) is 1. The number of aliphatic hydroxyl groups excluding tert-OH is 2. The quantitative estimate of drug-likeness (QED) is 0.0407. The summed E-state index contributed by atoms with van der Waals surface area (Å²) in [6.45, 7) is 5.79. The van der Waals surface area contributed by atoms with Gasteiger partial charge < -0.3 is 55.6 Å². The van der Waals surface area contributed by atoms with E-state index in [4.69, 9.17) is 24.3 Å². The Morgan fingerprint density at radius 1 is 1.04 bits per heavy atom. The van der Waals surface area contributed by atoms with Gasteiger partial charge in [-0.05, 0) is 56.9 Å². The lowest BCUT2D eigenvalue weighted by Gasteiger charge is -2.55. The molecular formula is C41H60N7O20P3S. The number of nitrogen functional groups attached to an aromatic ring is 1. The Morgan fingerprint density at radius 3 is 2.44 bits per heavy atom. The number of phosphoric ester groups is 3. The van der Waals surface area contributed by atoms with E-state index in [9.17, 15) is 67.5 Å². The van der Waals surface area contributed by atoms with Crippen LogP contribution in [-0.2, 0) is 65.0 Å². The van der Waals surface area contributed by atoms with E-state index in [2.05, 4.69) is 47.4 Å². The number of aromatic nitrogens is 4. The summed E-state index contributed by atoms with van der Waals surface area (Å²) in [4.78, 5) is 116. The number of carbonyl (C=O) groups excluding carboxylic acids is 5. The van der Waals surface area contributed by atoms with Crippen LogP contribution in [-0.4, -0.2) is 146 Å². The summed E-state index contributed by atoms with van der Waals surface area (Å²) in [6, 6.07) is 0. The lowest BCUT2D eigenvalue weighted by Crippen LogP contribution is -2.56. The molecule has 27 nitrogen and oxygen atoms in total. The lowest BCUT2D eigenvalue weighted by atomic mass is 9.51. The van der Waals surface area contributed by atoms with Gasteiger partial charge in [-0.25, -0.2) is 28.6 Å². The summed E-state index contributed by atoms with van der Waals surface area (Å²) in [5.41, 5.74) is 3.13. The van der Waals surface area contributed by atoms with E-state index in [1.165, 1.54) is 20.8 Å². The van der Waals surface area contributed by atoms with E-state index < -0.39 is 95.9 Å². The number of phosphoric acid groups is 3. The van der Waals surface area contributed by atoms with Crippen molar-refractivity contribution in [3.63, 3.8) is 0 Å². The molecule has 3 unspecified atom stereocenters. The molecule has 5 fully saturated rings. The molecule has 8 rings (SSSR count). The Labute approximate surface area is 416 Å². The molecule has 3 saturated heterocycles. The summed E-state index contributed by atoms with van der Waals surface area (Å²) in [5, 5.41) is 26.2. The number of ketones is 2. The van der Waals surface area contributed by atoms with Crippen molar-refractivity contribution < 1.29 is 94.8 Å². The minimum atomic E-state index is -5.61. The maximum absolute atomic E-state index is 13.4. The first-order chi connectivity index (χ1) is 33.4. The van der Waals surface area contributed by atoms with Crippen LogP contribution in [0.5, 0.6) is 0 Å². The van der Waals surface area contributed by atoms with E-state index in [-0.39, 0.29) is 88.4 Å². The highest BCUT2D eigenvalue weighted by Crippen LogP contribution is 2.71. The fraction of sp³-hybridized carbons (Fsp3) is 0.707. The first-order valence-electron chi connectivity index (χ1n) is 22.9. The average Bonchev–Trinajstić information content (AvgIpc) is 3.98. The predicted molar refractivity (Wildman–Crippen MR) is 249 cm³/mol. The number of hydrogen-bond donors (Lipinski definition) is 9. The van der Waals surface area contributed by atoms with Gasteiger partial charge in [0.05, 0.1) is 37.2 Å². The summed E-state index contributed by atoms with van der Waals surface area (Å²) in [5.74, 6) is -2.23. The van der Waals surface area contributed by atoms with Crippen LogP contribution in [0.1, 0.15) is 79.4 Å². The van der Waals surface area contributed by atoms with Crippen LogP contribution >= 0.6 is 35.2 Å². The Morgan fingerprint density at radius 2 is 1.75 bits per heavy atom. The number of thioether (sulfide) groups is 1. The number of allylic oxidation sites excluding steroid dienone is 2. The van der Waals surface area contributed by atoms with Crippen molar-refractivity contribution in [1.29, 1.82) is 0 Å². The summed E-state index contributed by atoms with van der Waals surface area (Å²) >= 11 is 0.882. The Kier molecular flexibility index (Phi) is 16.4. The molecule has 2 aromatic heterocycles. The maximum atomic E-state index is 13.4. The van der Waals surface area contributed by atoms with Crippen molar-refractivity contribution in [3.05, 3.63) is 24.8 Å². The van der Waals surface area contributed by atoms with Gasteiger partial charge in [-0.15, -0.1) is 0 Å². The van der Waals surface area contributed by atoms with Gasteiger partial charge in [0.15, 0.2) is 28.6 Å². The second-order valence-corrected chi connectivity index (χ2v) is 25.4. The molecule has 3 aliphatic carbocycles. The summed E-state index contributed by atoms with van der Waals surface area (Å²) in [7, 11) is -16.5. The molecule has 1 spiro atoms. The Hall–Kier alpha value is -3.40. The molecule has 400 valence electrons. The first kappa shape index (κ1) is 56.3. The van der Waals surface area contributed by atoms with Crippen molar-refractivity contribution >= 4 is 80.7 Å². The van der Waals surface area contributed by atoms with Crippen LogP contribution < -0.4 is 16.4 Å². The van der Waals surface area contributed by atoms with Gasteiger partial charge in [0.25, 0.3) is 0 Å². The maximum Gasteiger partial charge on any atom is 0.481 e. The van der Waals surface area contributed by atoms with Crippen LogP contribution in [0, 0.1) is 34.0 Å². The molecule has 10 N–H and O–H groups in total. The SMILES string of the molecule is CC(C(=O)CC[C@]1(C)C(=O)C=C[C@]23C[C@H]4C[C@H](O[C@@]4(C)C2)[C@H]31)C(=O)SCCNC(=O)CCNC(=O)[C@H](O)C(C)(C)COP(=O)(O)OP(=O)(O)OC[C@H]1O[C@@H](n2cnc3c(N)ncnc32)[C@H](O)[C@@H]1OP(=O)(O)O. The monoisotopic (exact) mass is 1100 g/mol. The van der Waals surface area contributed by atoms with Crippen molar-refractivity contribution in [1.82, 2.24) is 30.2 Å². The van der Waals surface area contributed by atoms with Gasteiger partial charge >= 0.3 is 23.5 Å². The number of ether oxygens (including phenoxy) is 2. The molecule has 31 heteroatoms. The highest BCUT2D eigenvalue weighted by Gasteiger charge is 2.71. The van der Waals surface area contributed by atoms with E-state index in [1.54, 1.807) is 6.08 Å². The molecular weight excluding hydrogens is 1040 g/mol. The van der Waals surface area contributed by atoms with E-state index in [0.717, 1.165) is 48.2 Å². The molecule has 3 aliphatic heterocycles. The van der Waals surface area contributed by atoms with Gasteiger partial charge in [0.2, 0.25) is 11.8 Å². The average molecular weight is 1100 g/mol. The number of anilines is 1. The van der Waals surface area contributed by atoms with Crippen molar-refractivity contribution in [3.8, 4) is 0 Å². The zero-order valence-corrected chi connectivity index (χ0v) is 43.3. The third-order valence-electron chi connectivity index (χ3n) is 14.4. The number of carbonyl (C=O) groups is 5. The predicted octanol–water partition coefficient (Wildman–Crippen LogP) is 1.37. The standard InChI is InChI=1S/C41H60N7O20P3S/c1-21(23(49)6-9-39(4)26(50)7-10-41-15-22-14-24(31(39)41)66-40(22,5)17-41)37(55)72-13-12-43-27(51)8-11-44-35(54)32(53)38(2,3)18-64-71(61,62)68-70(59,60)63-16-25-30(67-69(56,57)58)29(52)36(65-25)48-20-47-28-33(42)45-19-46-34(28)48/h7,10,19-22,24-25,29-32,36,52-53H,6,8-9,11-18H2,1-5H3,(H,43,51)(H,44,54)(H,59,60)(H,61,62)(H2,42,45,46)(H2,56,57,58)/t21?,22-,24+,25-,29-,30-,31+,32+,36-,39-,40+,41+/m1/s1. The fourth-order valence-corrected chi connectivity index (χ4v) is 14.4. The highest BCUT2D eigenvalue weighted by molar-refractivity contribution is 8.13. The third kappa shape index (κ3) is 12.0. The van der Waals surface area contributed by atoms with Crippen LogP contribution in [0.3, 0.4) is 0 Å². The number of Topliss-reactive ketones (excluding diaryl/α,β-unsaturated/α-hetero) is 1. The van der Waals surface area contributed by atoms with E-state index in [1.807, 2.05) is 6.92 Å². The number of nitrogens with zero attached hydrogens (tertiary/aromatic N) is 4. The van der Waals surface area contributed by atoms with E-state index in [0.29, 0.717) is 12.3 Å². The summed E-state index contributed by atoms with van der Waals surface area (Å²) < 4.78 is 69.0. The number of nitrogens with one attached hydrogen (secondary N) is 2. The van der Waals surface area contributed by atoms with Gasteiger partial charge in [-0.3, -0.25) is 42.1 Å².